The Morgan fingerprint density at radius 2 is 2.12 bits per heavy atom. The van der Waals surface area contributed by atoms with Gasteiger partial charge >= 0.3 is 0 Å². The molecule has 2 rings (SSSR count). The summed E-state index contributed by atoms with van der Waals surface area (Å²) in [5.74, 6) is 3.72. The maximum Gasteiger partial charge on any atom is 0.00798 e. The minimum Gasteiger partial charge on any atom is -0.314 e. The first-order chi connectivity index (χ1) is 8.25. The molecule has 0 aromatic carbocycles. The van der Waals surface area contributed by atoms with Crippen molar-refractivity contribution < 1.29 is 0 Å². The van der Waals surface area contributed by atoms with E-state index in [0.717, 1.165) is 18.0 Å². The molecule has 2 aliphatic rings. The molecule has 2 nitrogen and oxygen atoms in total. The van der Waals surface area contributed by atoms with Gasteiger partial charge in [-0.05, 0) is 76.6 Å². The quantitative estimate of drug-likeness (QED) is 0.832. The third kappa shape index (κ3) is 4.46. The van der Waals surface area contributed by atoms with Gasteiger partial charge in [0, 0.05) is 12.1 Å². The molecule has 2 heterocycles. The van der Waals surface area contributed by atoms with E-state index in [1.807, 2.05) is 0 Å². The molecule has 0 radical (unpaired) electrons. The van der Waals surface area contributed by atoms with Gasteiger partial charge in [-0.2, -0.15) is 11.8 Å². The zero-order chi connectivity index (χ0) is 12.1. The fourth-order valence-corrected chi connectivity index (χ4v) is 4.20. The lowest BCUT2D eigenvalue weighted by atomic mass is 10.1. The first-order valence-electron chi connectivity index (χ1n) is 7.31. The van der Waals surface area contributed by atoms with Gasteiger partial charge in [-0.25, -0.2) is 0 Å². The van der Waals surface area contributed by atoms with Gasteiger partial charge in [0.2, 0.25) is 0 Å². The highest BCUT2D eigenvalue weighted by Gasteiger charge is 2.20. The zero-order valence-corrected chi connectivity index (χ0v) is 12.3. The van der Waals surface area contributed by atoms with Crippen molar-refractivity contribution in [1.82, 2.24) is 10.2 Å². The van der Waals surface area contributed by atoms with Crippen LogP contribution in [0, 0.1) is 5.92 Å². The van der Waals surface area contributed by atoms with Gasteiger partial charge in [0.05, 0.1) is 0 Å². The molecule has 0 aliphatic carbocycles. The number of nitrogens with one attached hydrogen (secondary N) is 1. The van der Waals surface area contributed by atoms with E-state index in [1.165, 1.54) is 56.8 Å². The molecule has 0 spiro atoms. The summed E-state index contributed by atoms with van der Waals surface area (Å²) in [5, 5.41) is 3.82. The molecule has 0 saturated carbocycles. The second-order valence-corrected chi connectivity index (χ2v) is 7.05. The van der Waals surface area contributed by atoms with Gasteiger partial charge in [0.15, 0.2) is 0 Å². The van der Waals surface area contributed by atoms with Crippen molar-refractivity contribution >= 4 is 11.8 Å². The molecule has 2 saturated heterocycles. The predicted octanol–water partition coefficient (Wildman–Crippen LogP) is 2.59. The Morgan fingerprint density at radius 1 is 1.24 bits per heavy atom. The SMILES string of the molecule is CC(C)N1CCCC(NCC2CCSC2)CC1. The van der Waals surface area contributed by atoms with Crippen molar-refractivity contribution in [2.75, 3.05) is 31.1 Å². The summed E-state index contributed by atoms with van der Waals surface area (Å²) < 4.78 is 0. The third-order valence-electron chi connectivity index (χ3n) is 4.21. The molecule has 100 valence electrons. The largest absolute Gasteiger partial charge is 0.314 e. The van der Waals surface area contributed by atoms with E-state index in [9.17, 15) is 0 Å². The number of likely N-dealkylation sites (tertiary alicyclic amines) is 1. The summed E-state index contributed by atoms with van der Waals surface area (Å²) in [7, 11) is 0. The summed E-state index contributed by atoms with van der Waals surface area (Å²) >= 11 is 2.13. The van der Waals surface area contributed by atoms with Crippen LogP contribution in [0.2, 0.25) is 0 Å². The van der Waals surface area contributed by atoms with E-state index < -0.39 is 0 Å². The second-order valence-electron chi connectivity index (χ2n) is 5.90. The number of thioether (sulfide) groups is 1. The van der Waals surface area contributed by atoms with Crippen molar-refractivity contribution in [3.63, 3.8) is 0 Å². The summed E-state index contributed by atoms with van der Waals surface area (Å²) in [6.45, 7) is 8.50. The summed E-state index contributed by atoms with van der Waals surface area (Å²) in [6, 6.07) is 1.50. The van der Waals surface area contributed by atoms with Crippen LogP contribution in [0.3, 0.4) is 0 Å². The predicted molar refractivity (Wildman–Crippen MR) is 77.8 cm³/mol. The van der Waals surface area contributed by atoms with Gasteiger partial charge in [-0.3, -0.25) is 0 Å². The molecule has 2 fully saturated rings. The minimum atomic E-state index is 0.722. The number of hydrogen-bond donors (Lipinski definition) is 1. The summed E-state index contributed by atoms with van der Waals surface area (Å²) in [5.41, 5.74) is 0. The van der Waals surface area contributed by atoms with Crippen molar-refractivity contribution in [1.29, 1.82) is 0 Å². The maximum atomic E-state index is 3.82. The van der Waals surface area contributed by atoms with E-state index >= 15 is 0 Å². The Kier molecular flexibility index (Phi) is 5.64. The highest BCUT2D eigenvalue weighted by molar-refractivity contribution is 7.99. The van der Waals surface area contributed by atoms with Gasteiger partial charge < -0.3 is 10.2 Å². The van der Waals surface area contributed by atoms with E-state index in [2.05, 4.69) is 35.8 Å². The summed E-state index contributed by atoms with van der Waals surface area (Å²) in [6.07, 6.45) is 5.53. The molecular formula is C14H28N2S. The van der Waals surface area contributed by atoms with Crippen LogP contribution in [0.25, 0.3) is 0 Å². The standard InChI is InChI=1S/C14H28N2S/c1-12(2)16-7-3-4-14(5-8-16)15-10-13-6-9-17-11-13/h12-15H,3-11H2,1-2H3. The van der Waals surface area contributed by atoms with E-state index in [4.69, 9.17) is 0 Å². The highest BCUT2D eigenvalue weighted by Crippen LogP contribution is 2.23. The molecule has 1 N–H and O–H groups in total. The first kappa shape index (κ1) is 13.7. The van der Waals surface area contributed by atoms with E-state index in [1.54, 1.807) is 0 Å². The molecule has 2 unspecified atom stereocenters. The minimum absolute atomic E-state index is 0.722. The Bertz CT molecular complexity index is 214. The molecule has 3 heteroatoms. The molecule has 0 aromatic heterocycles. The van der Waals surface area contributed by atoms with Gasteiger partial charge in [0.25, 0.3) is 0 Å². The molecule has 2 aliphatic heterocycles. The maximum absolute atomic E-state index is 3.82. The normalized spacial score (nSPS) is 31.9. The van der Waals surface area contributed by atoms with Crippen molar-refractivity contribution in [2.45, 2.75) is 51.6 Å². The van der Waals surface area contributed by atoms with E-state index in [-0.39, 0.29) is 0 Å². The van der Waals surface area contributed by atoms with Crippen molar-refractivity contribution in [2.24, 2.45) is 5.92 Å². The van der Waals surface area contributed by atoms with Crippen LogP contribution in [0.1, 0.15) is 39.5 Å². The first-order valence-corrected chi connectivity index (χ1v) is 8.46. The van der Waals surface area contributed by atoms with E-state index in [0.29, 0.717) is 0 Å². The number of nitrogens with zero attached hydrogens (tertiary/aromatic N) is 1. The van der Waals surface area contributed by atoms with Gasteiger partial charge in [-0.15, -0.1) is 0 Å². The molecule has 2 atom stereocenters. The Morgan fingerprint density at radius 3 is 2.82 bits per heavy atom. The van der Waals surface area contributed by atoms with Gasteiger partial charge in [0.1, 0.15) is 0 Å². The average Bonchev–Trinajstić information content (AvgIpc) is 2.70. The zero-order valence-electron chi connectivity index (χ0n) is 11.5. The molecular weight excluding hydrogens is 228 g/mol. The topological polar surface area (TPSA) is 15.3 Å². The van der Waals surface area contributed by atoms with Crippen LogP contribution in [-0.2, 0) is 0 Å². The molecule has 0 aromatic rings. The average molecular weight is 256 g/mol. The molecule has 0 bridgehead atoms. The fourth-order valence-electron chi connectivity index (χ4n) is 2.92. The summed E-state index contributed by atoms with van der Waals surface area (Å²) in [4.78, 5) is 2.63. The lowest BCUT2D eigenvalue weighted by molar-refractivity contribution is 0.228. The van der Waals surface area contributed by atoms with Crippen LogP contribution in [0.4, 0.5) is 0 Å². The second kappa shape index (κ2) is 7.01. The van der Waals surface area contributed by atoms with Crippen LogP contribution >= 0.6 is 11.8 Å². The van der Waals surface area contributed by atoms with Crippen molar-refractivity contribution in [3.8, 4) is 0 Å². The third-order valence-corrected chi connectivity index (χ3v) is 5.44. The van der Waals surface area contributed by atoms with Crippen LogP contribution in [-0.4, -0.2) is 48.1 Å². The Labute approximate surface area is 111 Å². The smallest absolute Gasteiger partial charge is 0.00798 e. The lowest BCUT2D eigenvalue weighted by Crippen LogP contribution is -2.35. The number of rotatable bonds is 4. The fraction of sp³-hybridized carbons (Fsp3) is 1.00. The number of hydrogen-bond acceptors (Lipinski definition) is 3. The molecule has 0 amide bonds. The monoisotopic (exact) mass is 256 g/mol. The Hall–Kier alpha value is 0.270. The van der Waals surface area contributed by atoms with Crippen molar-refractivity contribution in [3.05, 3.63) is 0 Å². The highest BCUT2D eigenvalue weighted by atomic mass is 32.2. The van der Waals surface area contributed by atoms with Gasteiger partial charge in [-0.1, -0.05) is 0 Å². The Balaban J connectivity index is 1.67. The molecule has 17 heavy (non-hydrogen) atoms. The van der Waals surface area contributed by atoms with Crippen LogP contribution in [0.15, 0.2) is 0 Å². The van der Waals surface area contributed by atoms with Crippen LogP contribution < -0.4 is 5.32 Å². The van der Waals surface area contributed by atoms with Crippen LogP contribution in [0.5, 0.6) is 0 Å². The lowest BCUT2D eigenvalue weighted by Gasteiger charge is -2.24.